The van der Waals surface area contributed by atoms with E-state index in [-0.39, 0.29) is 23.8 Å². The van der Waals surface area contributed by atoms with Crippen molar-refractivity contribution in [2.24, 2.45) is 0 Å². The number of hydrogen-bond acceptors (Lipinski definition) is 5. The number of hydrogen-bond donors (Lipinski definition) is 1. The number of rotatable bonds is 7. The van der Waals surface area contributed by atoms with Crippen LogP contribution in [0.1, 0.15) is 53.2 Å². The van der Waals surface area contributed by atoms with Gasteiger partial charge in [-0.2, -0.15) is 5.10 Å². The molecule has 0 aliphatic carbocycles. The number of anilines is 1. The Balaban J connectivity index is 0.000000339. The van der Waals surface area contributed by atoms with E-state index < -0.39 is 17.6 Å². The fraction of sp³-hybridized carbons (Fsp3) is 0.303. The van der Waals surface area contributed by atoms with E-state index in [1.165, 1.54) is 19.2 Å². The summed E-state index contributed by atoms with van der Waals surface area (Å²) < 4.78 is 39.8. The molecular formula is C33H34ClF2N3O5. The Morgan fingerprint density at radius 1 is 1.11 bits per heavy atom. The first-order chi connectivity index (χ1) is 21.0. The van der Waals surface area contributed by atoms with Crippen LogP contribution in [-0.2, 0) is 11.3 Å². The topological polar surface area (TPSA) is 93.9 Å². The van der Waals surface area contributed by atoms with Gasteiger partial charge in [0, 0.05) is 35.9 Å². The van der Waals surface area contributed by atoms with Gasteiger partial charge in [-0.05, 0) is 62.1 Å². The summed E-state index contributed by atoms with van der Waals surface area (Å²) >= 11 is 5.73. The van der Waals surface area contributed by atoms with Crippen molar-refractivity contribution < 1.29 is 33.0 Å². The van der Waals surface area contributed by atoms with Crippen LogP contribution in [0.4, 0.5) is 14.5 Å². The van der Waals surface area contributed by atoms with E-state index in [1.807, 2.05) is 25.1 Å². The van der Waals surface area contributed by atoms with Crippen molar-refractivity contribution in [1.82, 2.24) is 9.78 Å². The molecule has 0 bridgehead atoms. The molecule has 1 N–H and O–H groups in total. The molecule has 0 unspecified atom stereocenters. The zero-order chi connectivity index (χ0) is 32.0. The van der Waals surface area contributed by atoms with E-state index in [0.29, 0.717) is 41.5 Å². The van der Waals surface area contributed by atoms with E-state index in [9.17, 15) is 18.4 Å². The fourth-order valence-corrected chi connectivity index (χ4v) is 5.14. The number of carbonyl (C=O) groups excluding carboxylic acids is 1. The Morgan fingerprint density at radius 3 is 2.55 bits per heavy atom. The highest BCUT2D eigenvalue weighted by Crippen LogP contribution is 2.40. The number of benzene rings is 3. The number of aromatic nitrogens is 2. The molecular weight excluding hydrogens is 592 g/mol. The van der Waals surface area contributed by atoms with Gasteiger partial charge in [-0.1, -0.05) is 36.7 Å². The van der Waals surface area contributed by atoms with Crippen LogP contribution in [0.25, 0.3) is 11.1 Å². The number of amides is 1. The number of ether oxygens (including phenoxy) is 2. The Bertz CT molecular complexity index is 1650. The lowest BCUT2D eigenvalue weighted by molar-refractivity contribution is -0.118. The average Bonchev–Trinajstić information content (AvgIpc) is 3.35. The van der Waals surface area contributed by atoms with Gasteiger partial charge in [0.25, 0.3) is 0 Å². The van der Waals surface area contributed by atoms with E-state index in [2.05, 4.69) is 5.10 Å². The number of nitrogens with zero attached hydrogens (tertiary/aromatic N) is 3. The summed E-state index contributed by atoms with van der Waals surface area (Å²) in [5.74, 6) is -1.33. The lowest BCUT2D eigenvalue weighted by atomic mass is 10.0. The minimum atomic E-state index is -1.17. The summed E-state index contributed by atoms with van der Waals surface area (Å²) in [6.07, 6.45) is 5.48. The highest BCUT2D eigenvalue weighted by atomic mass is 35.5. The minimum absolute atomic E-state index is 0.0767. The summed E-state index contributed by atoms with van der Waals surface area (Å²) in [6, 6.07) is 11.1. The molecule has 0 saturated carbocycles. The molecule has 0 spiro atoms. The largest absolute Gasteiger partial charge is 0.492 e. The third-order valence-corrected chi connectivity index (χ3v) is 7.67. The molecule has 8 nitrogen and oxygen atoms in total. The molecule has 11 heteroatoms. The molecule has 232 valence electrons. The molecule has 1 aromatic heterocycles. The van der Waals surface area contributed by atoms with Crippen molar-refractivity contribution >= 4 is 29.2 Å². The number of aryl methyl sites for hydroxylation is 2. The molecule has 44 heavy (non-hydrogen) atoms. The van der Waals surface area contributed by atoms with Gasteiger partial charge in [-0.3, -0.25) is 9.48 Å². The molecule has 0 fully saturated rings. The van der Waals surface area contributed by atoms with Crippen molar-refractivity contribution in [2.45, 2.75) is 46.6 Å². The summed E-state index contributed by atoms with van der Waals surface area (Å²) in [7, 11) is 1.39. The van der Waals surface area contributed by atoms with Gasteiger partial charge < -0.3 is 19.5 Å². The predicted octanol–water partition coefficient (Wildman–Crippen LogP) is 7.46. The van der Waals surface area contributed by atoms with E-state index in [1.54, 1.807) is 41.9 Å². The quantitative estimate of drug-likeness (QED) is 0.229. The molecule has 1 amide bonds. The van der Waals surface area contributed by atoms with Gasteiger partial charge >= 0.3 is 5.97 Å². The number of carbonyl (C=O) groups is 2. The van der Waals surface area contributed by atoms with Crippen LogP contribution in [-0.4, -0.2) is 47.0 Å². The van der Waals surface area contributed by atoms with Gasteiger partial charge in [0.1, 0.15) is 5.82 Å². The summed E-state index contributed by atoms with van der Waals surface area (Å²) in [6.45, 7) is 6.74. The van der Waals surface area contributed by atoms with Crippen LogP contribution in [0.3, 0.4) is 0 Å². The van der Waals surface area contributed by atoms with Crippen molar-refractivity contribution in [3.05, 3.63) is 93.8 Å². The van der Waals surface area contributed by atoms with Gasteiger partial charge in [-0.15, -0.1) is 0 Å². The maximum atomic E-state index is 14.6. The normalized spacial score (nSPS) is 12.4. The van der Waals surface area contributed by atoms with E-state index in [4.69, 9.17) is 26.2 Å². The number of halogens is 3. The second kappa shape index (κ2) is 14.4. The number of aromatic carboxylic acids is 1. The van der Waals surface area contributed by atoms with Crippen LogP contribution < -0.4 is 14.4 Å². The van der Waals surface area contributed by atoms with Crippen molar-refractivity contribution in [2.75, 3.05) is 25.2 Å². The van der Waals surface area contributed by atoms with E-state index in [0.717, 1.165) is 41.3 Å². The maximum Gasteiger partial charge on any atom is 0.335 e. The molecule has 3 aromatic carbocycles. The van der Waals surface area contributed by atoms with Crippen molar-refractivity contribution in [3.8, 4) is 22.6 Å². The first-order valence-electron chi connectivity index (χ1n) is 14.2. The molecule has 2 heterocycles. The third kappa shape index (κ3) is 7.19. The number of carboxylic acids is 1. The van der Waals surface area contributed by atoms with Gasteiger partial charge in [0.15, 0.2) is 17.3 Å². The van der Waals surface area contributed by atoms with E-state index >= 15 is 0 Å². The number of methoxy groups -OCH3 is 1. The minimum Gasteiger partial charge on any atom is -0.492 e. The highest BCUT2D eigenvalue weighted by Gasteiger charge is 2.24. The smallest absolute Gasteiger partial charge is 0.335 e. The molecule has 5 rings (SSSR count). The summed E-state index contributed by atoms with van der Waals surface area (Å²) in [4.78, 5) is 25.6. The molecule has 0 atom stereocenters. The van der Waals surface area contributed by atoms with Crippen molar-refractivity contribution in [1.29, 1.82) is 0 Å². The predicted molar refractivity (Wildman–Crippen MR) is 165 cm³/mol. The van der Waals surface area contributed by atoms with Gasteiger partial charge in [-0.25, -0.2) is 13.6 Å². The zero-order valence-corrected chi connectivity index (χ0v) is 25.8. The summed E-state index contributed by atoms with van der Waals surface area (Å²) in [5.41, 5.74) is 4.01. The monoisotopic (exact) mass is 625 g/mol. The average molecular weight is 626 g/mol. The summed E-state index contributed by atoms with van der Waals surface area (Å²) in [5, 5.41) is 13.8. The Morgan fingerprint density at radius 2 is 1.89 bits per heavy atom. The zero-order valence-electron chi connectivity index (χ0n) is 25.0. The van der Waals surface area contributed by atoms with Crippen LogP contribution in [0.5, 0.6) is 11.5 Å². The Kier molecular flexibility index (Phi) is 10.6. The first-order valence-corrected chi connectivity index (χ1v) is 14.5. The fourth-order valence-electron chi connectivity index (χ4n) is 4.91. The molecule has 0 radical (unpaired) electrons. The van der Waals surface area contributed by atoms with Gasteiger partial charge in [0.05, 0.1) is 42.7 Å². The SMILES string of the molecule is CCCC(=O)N1CCCOc2c(-c3cnn(Cc4c(C)cc(C(=O)O)cc4F)c3)cccc21.COc1c(F)ccc(C)c1Cl. The number of carboxylic acid groups (broad SMARTS) is 1. The lowest BCUT2D eigenvalue weighted by Gasteiger charge is -2.22. The second-order valence-corrected chi connectivity index (χ2v) is 10.7. The van der Waals surface area contributed by atoms with Crippen LogP contribution in [0, 0.1) is 25.5 Å². The number of para-hydroxylation sites is 1. The molecule has 1 aliphatic rings. The maximum absolute atomic E-state index is 14.6. The first kappa shape index (κ1) is 32.5. The third-order valence-electron chi connectivity index (χ3n) is 7.20. The van der Waals surface area contributed by atoms with Crippen LogP contribution >= 0.6 is 11.6 Å². The van der Waals surface area contributed by atoms with Crippen LogP contribution in [0.15, 0.2) is 54.9 Å². The Labute approximate surface area is 259 Å². The van der Waals surface area contributed by atoms with Crippen LogP contribution in [0.2, 0.25) is 5.02 Å². The molecule has 4 aromatic rings. The second-order valence-electron chi connectivity index (χ2n) is 10.3. The van der Waals surface area contributed by atoms with Gasteiger partial charge in [0.2, 0.25) is 5.91 Å². The van der Waals surface area contributed by atoms with Crippen molar-refractivity contribution in [3.63, 3.8) is 0 Å². The Hall–Kier alpha value is -4.44. The molecule has 1 aliphatic heterocycles. The lowest BCUT2D eigenvalue weighted by Crippen LogP contribution is -2.31. The standard InChI is InChI=1S/C25H26FN3O4.C8H8ClFO/c1-3-6-23(30)29-9-5-10-33-24-19(7-4-8-22(24)29)18-13-27-28(14-18)15-20-16(2)11-17(25(31)32)12-21(20)26;1-5-3-4-6(10)8(11-2)7(5)9/h4,7-8,11-14H,3,5-6,9-10,15H2,1-2H3,(H,31,32);3-4H,1-2H3. The molecule has 0 saturated heterocycles. The number of fused-ring (bicyclic) bond motifs is 1. The highest BCUT2D eigenvalue weighted by molar-refractivity contribution is 6.32.